The molecule has 0 aliphatic carbocycles. The van der Waals surface area contributed by atoms with Crippen LogP contribution in [0.2, 0.25) is 10.0 Å². The van der Waals surface area contributed by atoms with Crippen molar-refractivity contribution in [2.45, 2.75) is 13.1 Å². The standard InChI is InChI=1S/C21H17Cl2N9O2/c1-30-10-13-6-18(16(23)7-17(13)28-30)25-19-26-20(33)32(11-15-8-24-29-27-15)21(34)31(19)9-12-2-4-14(22)5-3-12/h2-8,10H,9,11H2,1H3,(H,24,27,29)(H,25,26,33). The third kappa shape index (κ3) is 4.30. The zero-order chi connectivity index (χ0) is 23.8. The largest absolute Gasteiger partial charge is 0.355 e. The van der Waals surface area contributed by atoms with Gasteiger partial charge in [0.15, 0.2) is 0 Å². The molecule has 11 nitrogen and oxygen atoms in total. The van der Waals surface area contributed by atoms with Crippen LogP contribution in [0.5, 0.6) is 0 Å². The highest BCUT2D eigenvalue weighted by Gasteiger charge is 2.17. The predicted molar refractivity (Wildman–Crippen MR) is 128 cm³/mol. The van der Waals surface area contributed by atoms with Crippen molar-refractivity contribution in [3.05, 3.63) is 91.1 Å². The van der Waals surface area contributed by atoms with E-state index in [0.717, 1.165) is 15.5 Å². The van der Waals surface area contributed by atoms with Gasteiger partial charge in [-0.25, -0.2) is 14.2 Å². The van der Waals surface area contributed by atoms with Gasteiger partial charge in [-0.3, -0.25) is 9.25 Å². The lowest BCUT2D eigenvalue weighted by Gasteiger charge is -2.16. The van der Waals surface area contributed by atoms with Crippen molar-refractivity contribution in [3.63, 3.8) is 0 Å². The Bertz CT molecular complexity index is 1600. The second-order valence-electron chi connectivity index (χ2n) is 7.58. The summed E-state index contributed by atoms with van der Waals surface area (Å²) in [5, 5.41) is 19.3. The van der Waals surface area contributed by atoms with E-state index >= 15 is 0 Å². The lowest BCUT2D eigenvalue weighted by Crippen LogP contribution is -2.43. The van der Waals surface area contributed by atoms with Crippen LogP contribution in [0.3, 0.4) is 0 Å². The maximum atomic E-state index is 13.4. The van der Waals surface area contributed by atoms with Crippen LogP contribution in [0.15, 0.2) is 58.4 Å². The highest BCUT2D eigenvalue weighted by Crippen LogP contribution is 2.29. The number of aromatic amines is 1. The summed E-state index contributed by atoms with van der Waals surface area (Å²) in [5.74, 6) is 0.0477. The van der Waals surface area contributed by atoms with Gasteiger partial charge in [0.25, 0.3) is 0 Å². The molecule has 5 rings (SSSR count). The normalized spacial score (nSPS) is 11.3. The van der Waals surface area contributed by atoms with Gasteiger partial charge in [-0.2, -0.15) is 25.5 Å². The molecule has 0 saturated heterocycles. The molecule has 0 spiro atoms. The van der Waals surface area contributed by atoms with Crippen molar-refractivity contribution in [3.8, 4) is 0 Å². The molecule has 0 amide bonds. The summed E-state index contributed by atoms with van der Waals surface area (Å²) in [6.07, 6.45) is 3.27. The van der Waals surface area contributed by atoms with E-state index in [9.17, 15) is 9.59 Å². The third-order valence-corrected chi connectivity index (χ3v) is 5.71. The smallest absolute Gasteiger partial charge is 0.324 e. The number of rotatable bonds is 6. The Hall–Kier alpha value is -3.96. The molecular weight excluding hydrogens is 481 g/mol. The second kappa shape index (κ2) is 8.76. The Balaban J connectivity index is 1.61. The average Bonchev–Trinajstić information content (AvgIpc) is 3.44. The number of benzene rings is 2. The molecule has 0 radical (unpaired) electrons. The molecular formula is C21H17Cl2N9O2. The van der Waals surface area contributed by atoms with Crippen molar-refractivity contribution >= 4 is 45.7 Å². The van der Waals surface area contributed by atoms with E-state index in [-0.39, 0.29) is 19.0 Å². The number of hydrogen-bond acceptors (Lipinski definition) is 7. The fourth-order valence-corrected chi connectivity index (χ4v) is 3.86. The highest BCUT2D eigenvalue weighted by molar-refractivity contribution is 6.34. The zero-order valence-corrected chi connectivity index (χ0v) is 19.2. The van der Waals surface area contributed by atoms with Gasteiger partial charge < -0.3 is 5.32 Å². The first-order valence-corrected chi connectivity index (χ1v) is 10.8. The monoisotopic (exact) mass is 497 g/mol. The van der Waals surface area contributed by atoms with Crippen molar-refractivity contribution in [2.24, 2.45) is 7.05 Å². The van der Waals surface area contributed by atoms with Crippen LogP contribution in [0, 0.1) is 0 Å². The van der Waals surface area contributed by atoms with Gasteiger partial charge in [0.1, 0.15) is 5.69 Å². The number of aryl methyl sites for hydroxylation is 1. The molecule has 0 aliphatic rings. The summed E-state index contributed by atoms with van der Waals surface area (Å²) in [6, 6.07) is 10.5. The number of aromatic nitrogens is 8. The molecule has 0 bridgehead atoms. The first-order chi connectivity index (χ1) is 16.4. The molecule has 2 aromatic carbocycles. The molecule has 2 N–H and O–H groups in total. The van der Waals surface area contributed by atoms with Gasteiger partial charge in [-0.05, 0) is 29.8 Å². The minimum absolute atomic E-state index is 0.0477. The van der Waals surface area contributed by atoms with Gasteiger partial charge in [0.2, 0.25) is 5.95 Å². The first kappa shape index (κ1) is 21.9. The van der Waals surface area contributed by atoms with Gasteiger partial charge >= 0.3 is 11.4 Å². The SMILES string of the molecule is Cn1cc2cc(Nc3nc(=O)n(Cc4cn[nH]n4)c(=O)n3Cc3ccc(Cl)cc3)c(Cl)cc2n1. The molecule has 0 atom stereocenters. The fourth-order valence-electron chi connectivity index (χ4n) is 3.52. The molecule has 0 saturated carbocycles. The van der Waals surface area contributed by atoms with E-state index in [1.165, 1.54) is 10.8 Å². The Morgan fingerprint density at radius 3 is 2.59 bits per heavy atom. The second-order valence-corrected chi connectivity index (χ2v) is 8.42. The zero-order valence-electron chi connectivity index (χ0n) is 17.7. The number of nitrogens with one attached hydrogen (secondary N) is 2. The van der Waals surface area contributed by atoms with E-state index < -0.39 is 11.4 Å². The van der Waals surface area contributed by atoms with E-state index in [0.29, 0.717) is 26.9 Å². The number of fused-ring (bicyclic) bond motifs is 1. The van der Waals surface area contributed by atoms with Crippen LogP contribution in [0.25, 0.3) is 10.9 Å². The van der Waals surface area contributed by atoms with Gasteiger partial charge in [-0.1, -0.05) is 35.3 Å². The van der Waals surface area contributed by atoms with Crippen molar-refractivity contribution in [1.29, 1.82) is 0 Å². The van der Waals surface area contributed by atoms with Crippen LogP contribution in [0.1, 0.15) is 11.3 Å². The number of anilines is 2. The van der Waals surface area contributed by atoms with E-state index in [1.54, 1.807) is 48.1 Å². The molecule has 13 heteroatoms. The minimum atomic E-state index is -0.735. The minimum Gasteiger partial charge on any atom is -0.324 e. The van der Waals surface area contributed by atoms with Crippen LogP contribution in [0.4, 0.5) is 11.6 Å². The topological polar surface area (TPSA) is 128 Å². The molecule has 5 aromatic rings. The average molecular weight is 498 g/mol. The molecule has 3 aromatic heterocycles. The molecule has 0 unspecified atom stereocenters. The summed E-state index contributed by atoms with van der Waals surface area (Å²) in [7, 11) is 1.81. The first-order valence-electron chi connectivity index (χ1n) is 10.1. The van der Waals surface area contributed by atoms with Gasteiger partial charge in [0.05, 0.1) is 35.5 Å². The van der Waals surface area contributed by atoms with Crippen LogP contribution in [-0.2, 0) is 20.1 Å². The molecule has 0 aliphatic heterocycles. The number of hydrogen-bond donors (Lipinski definition) is 2. The third-order valence-electron chi connectivity index (χ3n) is 5.14. The fraction of sp³-hybridized carbons (Fsp3) is 0.143. The summed E-state index contributed by atoms with van der Waals surface area (Å²) >= 11 is 12.5. The summed E-state index contributed by atoms with van der Waals surface area (Å²) < 4.78 is 4.02. The summed E-state index contributed by atoms with van der Waals surface area (Å²) in [5.41, 5.74) is 1.10. The van der Waals surface area contributed by atoms with Crippen molar-refractivity contribution < 1.29 is 0 Å². The van der Waals surface area contributed by atoms with E-state index in [4.69, 9.17) is 23.2 Å². The number of halogens is 2. The molecule has 3 heterocycles. The Morgan fingerprint density at radius 2 is 1.85 bits per heavy atom. The Labute approximate surface area is 201 Å². The predicted octanol–water partition coefficient (Wildman–Crippen LogP) is 2.56. The number of nitrogens with zero attached hydrogens (tertiary/aromatic N) is 7. The summed E-state index contributed by atoms with van der Waals surface area (Å²) in [6.45, 7) is 0.0572. The van der Waals surface area contributed by atoms with Gasteiger partial charge in [-0.15, -0.1) is 0 Å². The van der Waals surface area contributed by atoms with Crippen LogP contribution < -0.4 is 16.7 Å². The van der Waals surface area contributed by atoms with Crippen molar-refractivity contribution in [2.75, 3.05) is 5.32 Å². The Morgan fingerprint density at radius 1 is 1.06 bits per heavy atom. The van der Waals surface area contributed by atoms with Crippen molar-refractivity contribution in [1.82, 2.24) is 39.3 Å². The van der Waals surface area contributed by atoms with Crippen LogP contribution >= 0.6 is 23.2 Å². The van der Waals surface area contributed by atoms with Gasteiger partial charge in [0, 0.05) is 23.7 Å². The van der Waals surface area contributed by atoms with Crippen LogP contribution in [-0.4, -0.2) is 39.3 Å². The quantitative estimate of drug-likeness (QED) is 0.368. The van der Waals surface area contributed by atoms with E-state index in [2.05, 4.69) is 30.8 Å². The maximum absolute atomic E-state index is 13.4. The number of H-pyrrole nitrogens is 1. The molecule has 0 fully saturated rings. The lowest BCUT2D eigenvalue weighted by molar-refractivity contribution is 0.583. The lowest BCUT2D eigenvalue weighted by atomic mass is 10.2. The van der Waals surface area contributed by atoms with E-state index in [1.807, 2.05) is 6.20 Å². The Kier molecular flexibility index (Phi) is 5.64. The molecule has 172 valence electrons. The highest BCUT2D eigenvalue weighted by atomic mass is 35.5. The summed E-state index contributed by atoms with van der Waals surface area (Å²) in [4.78, 5) is 30.4. The maximum Gasteiger partial charge on any atom is 0.355 e. The molecule has 34 heavy (non-hydrogen) atoms.